The first kappa shape index (κ1) is 16.8. The lowest BCUT2D eigenvalue weighted by atomic mass is 9.73. The Balaban J connectivity index is 2.73. The molecule has 0 amide bonds. The van der Waals surface area contributed by atoms with Crippen molar-refractivity contribution < 1.29 is 13.2 Å². The van der Waals surface area contributed by atoms with E-state index in [-0.39, 0.29) is 12.0 Å². The fourth-order valence-corrected chi connectivity index (χ4v) is 3.60. The first-order valence-corrected chi connectivity index (χ1v) is 7.74. The van der Waals surface area contributed by atoms with Crippen molar-refractivity contribution in [2.75, 3.05) is 6.54 Å². The summed E-state index contributed by atoms with van der Waals surface area (Å²) in [6.07, 6.45) is 0.378. The molecule has 3 atom stereocenters. The van der Waals surface area contributed by atoms with Crippen LogP contribution in [0, 0.1) is 17.8 Å². The van der Waals surface area contributed by atoms with Crippen molar-refractivity contribution >= 4 is 0 Å². The number of rotatable bonds is 6. The fourth-order valence-electron chi connectivity index (χ4n) is 3.60. The Hall–Kier alpha value is -0.250. The topological polar surface area (TPSA) is 12.0 Å². The van der Waals surface area contributed by atoms with Crippen LogP contribution in [0.3, 0.4) is 0 Å². The van der Waals surface area contributed by atoms with Crippen LogP contribution in [0.5, 0.6) is 0 Å². The van der Waals surface area contributed by atoms with Crippen LogP contribution < -0.4 is 5.32 Å². The molecule has 0 aromatic carbocycles. The smallest absolute Gasteiger partial charge is 0.314 e. The Morgan fingerprint density at radius 1 is 1.11 bits per heavy atom. The second-order valence-electron chi connectivity index (χ2n) is 5.83. The minimum atomic E-state index is -4.01. The Morgan fingerprint density at radius 3 is 2.21 bits per heavy atom. The maximum atomic E-state index is 12.9. The summed E-state index contributed by atoms with van der Waals surface area (Å²) in [4.78, 5) is 0. The molecule has 1 aliphatic carbocycles. The van der Waals surface area contributed by atoms with E-state index in [1.807, 2.05) is 6.92 Å². The van der Waals surface area contributed by atoms with Crippen molar-refractivity contribution in [1.82, 2.24) is 5.32 Å². The fraction of sp³-hybridized carbons (Fsp3) is 1.00. The quantitative estimate of drug-likeness (QED) is 0.738. The van der Waals surface area contributed by atoms with Crippen LogP contribution in [0.4, 0.5) is 13.2 Å². The molecule has 1 saturated carbocycles. The van der Waals surface area contributed by atoms with Crippen LogP contribution >= 0.6 is 0 Å². The minimum Gasteiger partial charge on any atom is -0.314 e. The molecule has 1 fully saturated rings. The molecule has 0 aromatic heterocycles. The third-order valence-corrected chi connectivity index (χ3v) is 4.68. The highest BCUT2D eigenvalue weighted by Crippen LogP contribution is 2.42. The molecule has 0 spiro atoms. The third-order valence-electron chi connectivity index (χ3n) is 4.68. The van der Waals surface area contributed by atoms with E-state index in [4.69, 9.17) is 0 Å². The van der Waals surface area contributed by atoms with Gasteiger partial charge in [0.05, 0.1) is 5.92 Å². The van der Waals surface area contributed by atoms with Crippen LogP contribution in [0.2, 0.25) is 0 Å². The number of hydrogen-bond donors (Lipinski definition) is 1. The first-order valence-electron chi connectivity index (χ1n) is 7.74. The summed E-state index contributed by atoms with van der Waals surface area (Å²) in [6.45, 7) is 7.17. The van der Waals surface area contributed by atoms with E-state index < -0.39 is 12.1 Å². The molecule has 1 rings (SSSR count). The summed E-state index contributed by atoms with van der Waals surface area (Å²) in [6, 6.07) is 0.255. The van der Waals surface area contributed by atoms with Gasteiger partial charge in [-0.05, 0) is 37.6 Å². The van der Waals surface area contributed by atoms with Crippen molar-refractivity contribution in [2.45, 2.75) is 71.5 Å². The molecule has 1 aliphatic rings. The highest BCUT2D eigenvalue weighted by molar-refractivity contribution is 4.88. The lowest BCUT2D eigenvalue weighted by Gasteiger charge is -2.39. The van der Waals surface area contributed by atoms with Crippen LogP contribution in [-0.4, -0.2) is 18.8 Å². The molecular weight excluding hydrogens is 251 g/mol. The average molecular weight is 279 g/mol. The van der Waals surface area contributed by atoms with Gasteiger partial charge in [-0.15, -0.1) is 0 Å². The van der Waals surface area contributed by atoms with Crippen LogP contribution in [0.1, 0.15) is 59.3 Å². The van der Waals surface area contributed by atoms with E-state index >= 15 is 0 Å². The van der Waals surface area contributed by atoms with E-state index in [9.17, 15) is 13.2 Å². The normalized spacial score (nSPS) is 26.7. The molecule has 1 N–H and O–H groups in total. The monoisotopic (exact) mass is 279 g/mol. The number of nitrogens with one attached hydrogen (secondary N) is 1. The van der Waals surface area contributed by atoms with Gasteiger partial charge in [0.25, 0.3) is 0 Å². The second kappa shape index (κ2) is 7.51. The van der Waals surface area contributed by atoms with Gasteiger partial charge in [-0.3, -0.25) is 0 Å². The Morgan fingerprint density at radius 2 is 1.74 bits per heavy atom. The minimum absolute atomic E-state index is 0.185. The molecule has 4 heteroatoms. The molecule has 0 aliphatic heterocycles. The Kier molecular flexibility index (Phi) is 6.64. The van der Waals surface area contributed by atoms with E-state index in [1.165, 1.54) is 0 Å². The van der Waals surface area contributed by atoms with Crippen molar-refractivity contribution in [3.63, 3.8) is 0 Å². The highest BCUT2D eigenvalue weighted by Gasteiger charge is 2.44. The molecule has 0 saturated heterocycles. The number of alkyl halides is 3. The molecule has 19 heavy (non-hydrogen) atoms. The van der Waals surface area contributed by atoms with E-state index in [0.29, 0.717) is 18.8 Å². The maximum Gasteiger partial charge on any atom is 0.391 e. The van der Waals surface area contributed by atoms with E-state index in [2.05, 4.69) is 19.2 Å². The molecular formula is C15H28F3N. The zero-order valence-corrected chi connectivity index (χ0v) is 12.4. The lowest BCUT2D eigenvalue weighted by Crippen LogP contribution is -2.45. The standard InChI is InChI=1S/C15H28F3N/c1-4-11(5-2)14(19-6-3)12-8-7-9-13(10-12)15(16,17)18/h11-14,19H,4-10H2,1-3H3. The van der Waals surface area contributed by atoms with Gasteiger partial charge in [-0.1, -0.05) is 40.0 Å². The van der Waals surface area contributed by atoms with Gasteiger partial charge in [-0.2, -0.15) is 13.2 Å². The summed E-state index contributed by atoms with van der Waals surface area (Å²) in [5.74, 6) is -0.399. The van der Waals surface area contributed by atoms with E-state index in [0.717, 1.165) is 32.2 Å². The summed E-state index contributed by atoms with van der Waals surface area (Å²) in [7, 11) is 0. The predicted molar refractivity (Wildman–Crippen MR) is 73.0 cm³/mol. The van der Waals surface area contributed by atoms with Crippen molar-refractivity contribution in [2.24, 2.45) is 17.8 Å². The largest absolute Gasteiger partial charge is 0.391 e. The van der Waals surface area contributed by atoms with Gasteiger partial charge in [0.1, 0.15) is 0 Å². The molecule has 1 nitrogen and oxygen atoms in total. The molecule has 114 valence electrons. The van der Waals surface area contributed by atoms with Crippen molar-refractivity contribution in [1.29, 1.82) is 0 Å². The number of hydrogen-bond acceptors (Lipinski definition) is 1. The Bertz CT molecular complexity index is 248. The van der Waals surface area contributed by atoms with Gasteiger partial charge in [0.2, 0.25) is 0 Å². The van der Waals surface area contributed by atoms with Gasteiger partial charge < -0.3 is 5.32 Å². The SMILES string of the molecule is CCNC(C(CC)CC)C1CCCC(C(F)(F)F)C1. The summed E-state index contributed by atoms with van der Waals surface area (Å²) in [5, 5.41) is 3.46. The van der Waals surface area contributed by atoms with Crippen LogP contribution in [-0.2, 0) is 0 Å². The zero-order chi connectivity index (χ0) is 14.5. The van der Waals surface area contributed by atoms with E-state index in [1.54, 1.807) is 0 Å². The van der Waals surface area contributed by atoms with Crippen LogP contribution in [0.15, 0.2) is 0 Å². The van der Waals surface area contributed by atoms with Crippen LogP contribution in [0.25, 0.3) is 0 Å². The van der Waals surface area contributed by atoms with Gasteiger partial charge in [-0.25, -0.2) is 0 Å². The van der Waals surface area contributed by atoms with Crippen molar-refractivity contribution in [3.8, 4) is 0 Å². The lowest BCUT2D eigenvalue weighted by molar-refractivity contribution is -0.187. The highest BCUT2D eigenvalue weighted by atomic mass is 19.4. The second-order valence-corrected chi connectivity index (χ2v) is 5.83. The van der Waals surface area contributed by atoms with Gasteiger partial charge >= 0.3 is 6.18 Å². The summed E-state index contributed by atoms with van der Waals surface area (Å²) < 4.78 is 38.7. The zero-order valence-electron chi connectivity index (χ0n) is 12.4. The van der Waals surface area contributed by atoms with Gasteiger partial charge in [0, 0.05) is 6.04 Å². The maximum absolute atomic E-state index is 12.9. The number of halogens is 3. The Labute approximate surface area is 115 Å². The first-order chi connectivity index (χ1) is 8.93. The molecule has 0 aromatic rings. The molecule has 0 bridgehead atoms. The van der Waals surface area contributed by atoms with Crippen molar-refractivity contribution in [3.05, 3.63) is 0 Å². The molecule has 3 unspecified atom stereocenters. The van der Waals surface area contributed by atoms with Gasteiger partial charge in [0.15, 0.2) is 0 Å². The average Bonchev–Trinajstić information content (AvgIpc) is 2.38. The molecule has 0 radical (unpaired) electrons. The molecule has 0 heterocycles. The summed E-state index contributed by atoms with van der Waals surface area (Å²) >= 11 is 0. The predicted octanol–water partition coefficient (Wildman–Crippen LogP) is 4.77. The summed E-state index contributed by atoms with van der Waals surface area (Å²) in [5.41, 5.74) is 0. The third kappa shape index (κ3) is 4.66.